The molecule has 2 aromatic rings. The number of aromatic carboxylic acids is 1. The molecular formula is C12H12N2O3. The van der Waals surface area contributed by atoms with E-state index >= 15 is 0 Å². The summed E-state index contributed by atoms with van der Waals surface area (Å²) in [5.41, 5.74) is 1.56. The maximum Gasteiger partial charge on any atom is 0.335 e. The number of fused-ring (bicyclic) bond motifs is 1. The zero-order chi connectivity index (χ0) is 12.0. The van der Waals surface area contributed by atoms with Crippen LogP contribution in [0.3, 0.4) is 0 Å². The normalized spacial score (nSPS) is 17.2. The summed E-state index contributed by atoms with van der Waals surface area (Å²) in [7, 11) is 0. The van der Waals surface area contributed by atoms with Gasteiger partial charge in [0.1, 0.15) is 0 Å². The molecule has 1 saturated carbocycles. The van der Waals surface area contributed by atoms with Crippen molar-refractivity contribution < 1.29 is 15.0 Å². The summed E-state index contributed by atoms with van der Waals surface area (Å²) < 4.78 is 1.95. The molecule has 0 bridgehead atoms. The van der Waals surface area contributed by atoms with Gasteiger partial charge >= 0.3 is 5.97 Å². The molecule has 0 atom stereocenters. The quantitative estimate of drug-likeness (QED) is 0.834. The van der Waals surface area contributed by atoms with E-state index in [1.165, 1.54) is 0 Å². The Hall–Kier alpha value is -1.88. The summed E-state index contributed by atoms with van der Waals surface area (Å²) in [6, 6.07) is 4.87. The van der Waals surface area contributed by atoms with Crippen molar-refractivity contribution in [1.29, 1.82) is 0 Å². The van der Waals surface area contributed by atoms with Crippen LogP contribution in [0.25, 0.3) is 11.0 Å². The van der Waals surface area contributed by atoms with E-state index in [1.807, 2.05) is 4.57 Å². The van der Waals surface area contributed by atoms with Crippen LogP contribution in [0.5, 0.6) is 0 Å². The Morgan fingerprint density at radius 1 is 1.47 bits per heavy atom. The van der Waals surface area contributed by atoms with E-state index in [0.29, 0.717) is 5.52 Å². The van der Waals surface area contributed by atoms with Crippen LogP contribution in [0.15, 0.2) is 24.5 Å². The van der Waals surface area contributed by atoms with Gasteiger partial charge in [-0.1, -0.05) is 0 Å². The first-order chi connectivity index (χ1) is 8.16. The molecule has 1 aromatic carbocycles. The second-order valence-electron chi connectivity index (χ2n) is 4.51. The standard InChI is InChI=1S/C12H12N2O3/c15-6-12(3-4-12)14-7-13-9-5-8(11(16)17)1-2-10(9)14/h1-2,5,7,15H,3-4,6H2,(H,16,17). The molecule has 5 nitrogen and oxygen atoms in total. The van der Waals surface area contributed by atoms with E-state index in [0.717, 1.165) is 18.4 Å². The number of rotatable bonds is 3. The number of imidazole rings is 1. The SMILES string of the molecule is O=C(O)c1ccc2c(c1)ncn2C1(CO)CC1. The first kappa shape index (κ1) is 10.3. The molecule has 1 fully saturated rings. The van der Waals surface area contributed by atoms with Crippen LogP contribution < -0.4 is 0 Å². The fourth-order valence-corrected chi connectivity index (χ4v) is 2.14. The van der Waals surface area contributed by atoms with Gasteiger partial charge < -0.3 is 14.8 Å². The third-order valence-corrected chi connectivity index (χ3v) is 3.43. The highest BCUT2D eigenvalue weighted by Gasteiger charge is 2.44. The Bertz CT molecular complexity index is 599. The summed E-state index contributed by atoms with van der Waals surface area (Å²) in [6.07, 6.45) is 3.56. The zero-order valence-electron chi connectivity index (χ0n) is 9.13. The number of aliphatic hydroxyl groups excluding tert-OH is 1. The maximum atomic E-state index is 10.8. The van der Waals surface area contributed by atoms with Gasteiger partial charge in [0.2, 0.25) is 0 Å². The van der Waals surface area contributed by atoms with Gasteiger partial charge in [0, 0.05) is 0 Å². The molecule has 1 aliphatic rings. The molecule has 1 aromatic heterocycles. The molecule has 2 N–H and O–H groups in total. The van der Waals surface area contributed by atoms with E-state index in [2.05, 4.69) is 4.98 Å². The topological polar surface area (TPSA) is 75.3 Å². The number of carboxylic acids is 1. The minimum Gasteiger partial charge on any atom is -0.478 e. The van der Waals surface area contributed by atoms with E-state index in [4.69, 9.17) is 5.11 Å². The smallest absolute Gasteiger partial charge is 0.335 e. The molecule has 0 radical (unpaired) electrons. The highest BCUT2D eigenvalue weighted by atomic mass is 16.4. The predicted octanol–water partition coefficient (Wildman–Crippen LogP) is 1.22. The molecule has 0 saturated heterocycles. The van der Waals surface area contributed by atoms with Gasteiger partial charge in [-0.2, -0.15) is 0 Å². The number of benzene rings is 1. The molecule has 88 valence electrons. The van der Waals surface area contributed by atoms with Crippen LogP contribution >= 0.6 is 0 Å². The summed E-state index contributed by atoms with van der Waals surface area (Å²) in [6.45, 7) is 0.0964. The Morgan fingerprint density at radius 2 is 2.24 bits per heavy atom. The zero-order valence-corrected chi connectivity index (χ0v) is 9.13. The number of carbonyl (C=O) groups is 1. The fraction of sp³-hybridized carbons (Fsp3) is 0.333. The molecular weight excluding hydrogens is 220 g/mol. The maximum absolute atomic E-state index is 10.8. The summed E-state index contributed by atoms with van der Waals surface area (Å²) in [5, 5.41) is 18.3. The lowest BCUT2D eigenvalue weighted by Crippen LogP contribution is -2.20. The number of hydrogen-bond donors (Lipinski definition) is 2. The van der Waals surface area contributed by atoms with Crippen LogP contribution in [-0.4, -0.2) is 32.3 Å². The molecule has 0 aliphatic heterocycles. The predicted molar refractivity (Wildman–Crippen MR) is 61.0 cm³/mol. The number of nitrogens with zero attached hydrogens (tertiary/aromatic N) is 2. The molecule has 0 spiro atoms. The fourth-order valence-electron chi connectivity index (χ4n) is 2.14. The van der Waals surface area contributed by atoms with Crippen molar-refractivity contribution in [2.24, 2.45) is 0 Å². The number of carboxylic acid groups (broad SMARTS) is 1. The minimum atomic E-state index is -0.954. The Morgan fingerprint density at radius 3 is 2.82 bits per heavy atom. The van der Waals surface area contributed by atoms with Gasteiger partial charge in [-0.15, -0.1) is 0 Å². The lowest BCUT2D eigenvalue weighted by atomic mass is 10.2. The van der Waals surface area contributed by atoms with Crippen LogP contribution in [0.4, 0.5) is 0 Å². The van der Waals surface area contributed by atoms with Gasteiger partial charge in [-0.3, -0.25) is 0 Å². The average molecular weight is 232 g/mol. The first-order valence-corrected chi connectivity index (χ1v) is 5.48. The van der Waals surface area contributed by atoms with Gasteiger partial charge in [0.05, 0.1) is 35.1 Å². The van der Waals surface area contributed by atoms with Gasteiger partial charge in [0.25, 0.3) is 0 Å². The van der Waals surface area contributed by atoms with Crippen LogP contribution in [0.2, 0.25) is 0 Å². The molecule has 1 heterocycles. The second kappa shape index (κ2) is 3.30. The van der Waals surface area contributed by atoms with Gasteiger partial charge in [-0.05, 0) is 31.0 Å². The van der Waals surface area contributed by atoms with Gasteiger partial charge in [-0.25, -0.2) is 9.78 Å². The van der Waals surface area contributed by atoms with Gasteiger partial charge in [0.15, 0.2) is 0 Å². The highest BCUT2D eigenvalue weighted by Crippen LogP contribution is 2.44. The van der Waals surface area contributed by atoms with Crippen LogP contribution in [-0.2, 0) is 5.54 Å². The Labute approximate surface area is 97.3 Å². The molecule has 5 heteroatoms. The molecule has 17 heavy (non-hydrogen) atoms. The van der Waals surface area contributed by atoms with Crippen molar-refractivity contribution in [2.75, 3.05) is 6.61 Å². The molecule has 3 rings (SSSR count). The third kappa shape index (κ3) is 1.43. The molecule has 1 aliphatic carbocycles. The lowest BCUT2D eigenvalue weighted by Gasteiger charge is -2.14. The summed E-state index contributed by atoms with van der Waals surface area (Å²) in [5.74, 6) is -0.954. The highest BCUT2D eigenvalue weighted by molar-refractivity contribution is 5.92. The average Bonchev–Trinajstić information content (AvgIpc) is 3.01. The Kier molecular flexibility index (Phi) is 2.00. The third-order valence-electron chi connectivity index (χ3n) is 3.43. The van der Waals surface area contributed by atoms with Crippen molar-refractivity contribution in [3.63, 3.8) is 0 Å². The summed E-state index contributed by atoms with van der Waals surface area (Å²) in [4.78, 5) is 15.0. The van der Waals surface area contributed by atoms with Crippen molar-refractivity contribution in [3.8, 4) is 0 Å². The lowest BCUT2D eigenvalue weighted by molar-refractivity contribution is 0.0697. The van der Waals surface area contributed by atoms with Crippen molar-refractivity contribution in [2.45, 2.75) is 18.4 Å². The second-order valence-corrected chi connectivity index (χ2v) is 4.51. The number of aliphatic hydroxyl groups is 1. The van der Waals surface area contributed by atoms with E-state index in [9.17, 15) is 9.90 Å². The number of aromatic nitrogens is 2. The monoisotopic (exact) mass is 232 g/mol. The molecule has 0 amide bonds. The van der Waals surface area contributed by atoms with E-state index < -0.39 is 5.97 Å². The first-order valence-electron chi connectivity index (χ1n) is 5.48. The van der Waals surface area contributed by atoms with Crippen molar-refractivity contribution in [3.05, 3.63) is 30.1 Å². The largest absolute Gasteiger partial charge is 0.478 e. The van der Waals surface area contributed by atoms with E-state index in [-0.39, 0.29) is 17.7 Å². The minimum absolute atomic E-state index is 0.0964. The summed E-state index contributed by atoms with van der Waals surface area (Å²) >= 11 is 0. The van der Waals surface area contributed by atoms with Crippen LogP contribution in [0, 0.1) is 0 Å². The Balaban J connectivity index is 2.14. The van der Waals surface area contributed by atoms with Crippen molar-refractivity contribution >= 4 is 17.0 Å². The molecule has 0 unspecified atom stereocenters. The van der Waals surface area contributed by atoms with Crippen LogP contribution in [0.1, 0.15) is 23.2 Å². The van der Waals surface area contributed by atoms with E-state index in [1.54, 1.807) is 24.5 Å². The van der Waals surface area contributed by atoms with Crippen molar-refractivity contribution in [1.82, 2.24) is 9.55 Å². The number of hydrogen-bond acceptors (Lipinski definition) is 3.